The van der Waals surface area contributed by atoms with Gasteiger partial charge in [0.2, 0.25) is 0 Å². The van der Waals surface area contributed by atoms with Crippen LogP contribution in [0.3, 0.4) is 0 Å². The van der Waals surface area contributed by atoms with Crippen molar-refractivity contribution in [3.63, 3.8) is 0 Å². The third kappa shape index (κ3) is 2.71. The molecule has 1 saturated heterocycles. The minimum atomic E-state index is 0.00891. The van der Waals surface area contributed by atoms with Crippen molar-refractivity contribution in [3.8, 4) is 10.4 Å². The van der Waals surface area contributed by atoms with Crippen molar-refractivity contribution in [3.05, 3.63) is 35.5 Å². The van der Waals surface area contributed by atoms with Crippen LogP contribution in [0.5, 0.6) is 0 Å². The van der Waals surface area contributed by atoms with E-state index in [0.29, 0.717) is 5.69 Å². The van der Waals surface area contributed by atoms with Crippen molar-refractivity contribution in [2.75, 3.05) is 24.6 Å². The van der Waals surface area contributed by atoms with Gasteiger partial charge in [-0.15, -0.1) is 5.10 Å². The minimum Gasteiger partial charge on any atom is -0.336 e. The monoisotopic (exact) mass is 305 g/mol. The Morgan fingerprint density at radius 3 is 2.60 bits per heavy atom. The number of carbonyl (C=O) groups excluding carboxylic acids is 1. The highest BCUT2D eigenvalue weighted by atomic mass is 32.2. The van der Waals surface area contributed by atoms with Crippen LogP contribution in [0.2, 0.25) is 0 Å². The summed E-state index contributed by atoms with van der Waals surface area (Å²) < 4.78 is 3.98. The van der Waals surface area contributed by atoms with E-state index in [2.05, 4.69) is 9.59 Å². The van der Waals surface area contributed by atoms with Crippen LogP contribution >= 0.6 is 23.3 Å². The minimum absolute atomic E-state index is 0.00891. The Bertz CT molecular complexity index is 603. The summed E-state index contributed by atoms with van der Waals surface area (Å²) in [7, 11) is 0. The third-order valence-corrected chi connectivity index (χ3v) is 5.02. The Morgan fingerprint density at radius 1 is 1.20 bits per heavy atom. The fourth-order valence-corrected chi connectivity index (χ4v) is 3.70. The number of thioether (sulfide) groups is 1. The maximum Gasteiger partial charge on any atom is 0.276 e. The van der Waals surface area contributed by atoms with Crippen LogP contribution in [0, 0.1) is 6.92 Å². The van der Waals surface area contributed by atoms with Crippen molar-refractivity contribution < 1.29 is 4.79 Å². The van der Waals surface area contributed by atoms with Gasteiger partial charge in [-0.25, -0.2) is 0 Å². The highest BCUT2D eigenvalue weighted by Gasteiger charge is 2.24. The van der Waals surface area contributed by atoms with Gasteiger partial charge in [-0.05, 0) is 24.0 Å². The quantitative estimate of drug-likeness (QED) is 0.856. The molecule has 1 amide bonds. The topological polar surface area (TPSA) is 46.1 Å². The van der Waals surface area contributed by atoms with Crippen LogP contribution in [-0.2, 0) is 0 Å². The van der Waals surface area contributed by atoms with E-state index in [9.17, 15) is 4.79 Å². The van der Waals surface area contributed by atoms with Gasteiger partial charge < -0.3 is 4.90 Å². The summed E-state index contributed by atoms with van der Waals surface area (Å²) in [6, 6.07) is 8.13. The van der Waals surface area contributed by atoms with E-state index in [0.717, 1.165) is 35.0 Å². The molecule has 20 heavy (non-hydrogen) atoms. The predicted octanol–water partition coefficient (Wildman–Crippen LogP) is 2.70. The number of aryl methyl sites for hydroxylation is 1. The number of aromatic nitrogens is 2. The molecule has 1 aromatic heterocycles. The molecule has 2 heterocycles. The van der Waals surface area contributed by atoms with Crippen molar-refractivity contribution in [2.45, 2.75) is 6.92 Å². The van der Waals surface area contributed by atoms with E-state index >= 15 is 0 Å². The van der Waals surface area contributed by atoms with Crippen LogP contribution < -0.4 is 0 Å². The second kappa shape index (κ2) is 5.93. The molecule has 0 N–H and O–H groups in total. The Labute approximate surface area is 126 Å². The van der Waals surface area contributed by atoms with E-state index in [-0.39, 0.29) is 5.91 Å². The summed E-state index contributed by atoms with van der Waals surface area (Å²) in [5.41, 5.74) is 2.71. The zero-order valence-electron chi connectivity index (χ0n) is 11.2. The van der Waals surface area contributed by atoms with E-state index in [1.807, 2.05) is 47.9 Å². The molecule has 2 aromatic rings. The van der Waals surface area contributed by atoms with E-state index in [4.69, 9.17) is 0 Å². The SMILES string of the molecule is Cc1ccc(-c2snnc2C(=O)N2CCSCC2)cc1. The smallest absolute Gasteiger partial charge is 0.276 e. The van der Waals surface area contributed by atoms with Gasteiger partial charge >= 0.3 is 0 Å². The van der Waals surface area contributed by atoms with E-state index < -0.39 is 0 Å². The lowest BCUT2D eigenvalue weighted by atomic mass is 10.1. The summed E-state index contributed by atoms with van der Waals surface area (Å²) >= 11 is 3.18. The van der Waals surface area contributed by atoms with Crippen LogP contribution in [0.25, 0.3) is 10.4 Å². The normalized spacial score (nSPS) is 15.3. The van der Waals surface area contributed by atoms with Gasteiger partial charge in [0.05, 0.1) is 4.88 Å². The van der Waals surface area contributed by atoms with Crippen LogP contribution in [0.4, 0.5) is 0 Å². The highest BCUT2D eigenvalue weighted by molar-refractivity contribution is 7.99. The van der Waals surface area contributed by atoms with Crippen molar-refractivity contribution in [1.29, 1.82) is 0 Å². The number of rotatable bonds is 2. The lowest BCUT2D eigenvalue weighted by Crippen LogP contribution is -2.38. The largest absolute Gasteiger partial charge is 0.336 e. The molecule has 1 aromatic carbocycles. The van der Waals surface area contributed by atoms with Gasteiger partial charge in [-0.1, -0.05) is 34.3 Å². The molecule has 104 valence electrons. The second-order valence-electron chi connectivity index (χ2n) is 4.72. The van der Waals surface area contributed by atoms with Crippen LogP contribution in [0.15, 0.2) is 24.3 Å². The molecule has 0 spiro atoms. The lowest BCUT2D eigenvalue weighted by Gasteiger charge is -2.25. The number of carbonyl (C=O) groups is 1. The number of hydrogen-bond donors (Lipinski definition) is 0. The zero-order valence-corrected chi connectivity index (χ0v) is 12.8. The molecule has 0 aliphatic carbocycles. The standard InChI is InChI=1S/C14H15N3OS2/c1-10-2-4-11(5-3-10)13-12(15-16-20-13)14(18)17-6-8-19-9-7-17/h2-5H,6-9H2,1H3. The van der Waals surface area contributed by atoms with Gasteiger partial charge in [-0.3, -0.25) is 4.79 Å². The molecule has 0 saturated carbocycles. The van der Waals surface area contributed by atoms with Crippen LogP contribution in [-0.4, -0.2) is 45.0 Å². The summed E-state index contributed by atoms with van der Waals surface area (Å²) in [6.07, 6.45) is 0. The molecule has 0 radical (unpaired) electrons. The highest BCUT2D eigenvalue weighted by Crippen LogP contribution is 2.27. The molecule has 6 heteroatoms. The molecule has 1 fully saturated rings. The first-order valence-corrected chi connectivity index (χ1v) is 8.45. The number of amides is 1. The number of nitrogens with zero attached hydrogens (tertiary/aromatic N) is 3. The maximum absolute atomic E-state index is 12.5. The zero-order chi connectivity index (χ0) is 13.9. The van der Waals surface area contributed by atoms with Crippen molar-refractivity contribution in [1.82, 2.24) is 14.5 Å². The molecular weight excluding hydrogens is 290 g/mol. The first kappa shape index (κ1) is 13.6. The number of benzene rings is 1. The molecular formula is C14H15N3OS2. The molecule has 0 bridgehead atoms. The first-order chi connectivity index (χ1) is 9.75. The van der Waals surface area contributed by atoms with Gasteiger partial charge in [0.1, 0.15) is 0 Å². The molecule has 0 atom stereocenters. The summed E-state index contributed by atoms with van der Waals surface area (Å²) in [5.74, 6) is 2.02. The second-order valence-corrected chi connectivity index (χ2v) is 6.70. The lowest BCUT2D eigenvalue weighted by molar-refractivity contribution is 0.0767. The molecule has 0 unspecified atom stereocenters. The van der Waals surface area contributed by atoms with Crippen molar-refractivity contribution in [2.24, 2.45) is 0 Å². The van der Waals surface area contributed by atoms with Gasteiger partial charge in [0.25, 0.3) is 5.91 Å². The van der Waals surface area contributed by atoms with Gasteiger partial charge in [0, 0.05) is 24.6 Å². The van der Waals surface area contributed by atoms with Crippen LogP contribution in [0.1, 0.15) is 16.1 Å². The molecule has 1 aliphatic rings. The Hall–Kier alpha value is -1.40. The van der Waals surface area contributed by atoms with E-state index in [1.54, 1.807) is 0 Å². The molecule has 1 aliphatic heterocycles. The average molecular weight is 305 g/mol. The number of hydrogen-bond acceptors (Lipinski definition) is 5. The first-order valence-electron chi connectivity index (χ1n) is 6.52. The molecule has 4 nitrogen and oxygen atoms in total. The van der Waals surface area contributed by atoms with Gasteiger partial charge in [0.15, 0.2) is 5.69 Å². The van der Waals surface area contributed by atoms with E-state index in [1.165, 1.54) is 17.1 Å². The average Bonchev–Trinajstić information content (AvgIpc) is 2.97. The third-order valence-electron chi connectivity index (χ3n) is 3.30. The summed E-state index contributed by atoms with van der Waals surface area (Å²) in [6.45, 7) is 3.65. The Morgan fingerprint density at radius 2 is 1.90 bits per heavy atom. The Balaban J connectivity index is 1.89. The predicted molar refractivity (Wildman–Crippen MR) is 83.3 cm³/mol. The fourth-order valence-electron chi connectivity index (χ4n) is 2.14. The maximum atomic E-state index is 12.5. The molecule has 3 rings (SSSR count). The fraction of sp³-hybridized carbons (Fsp3) is 0.357. The van der Waals surface area contributed by atoms with Gasteiger partial charge in [-0.2, -0.15) is 11.8 Å². The summed E-state index contributed by atoms with van der Waals surface area (Å²) in [4.78, 5) is 15.3. The summed E-state index contributed by atoms with van der Waals surface area (Å²) in [5, 5.41) is 4.06. The van der Waals surface area contributed by atoms with Crippen molar-refractivity contribution >= 4 is 29.2 Å². The Kier molecular flexibility index (Phi) is 4.03.